The van der Waals surface area contributed by atoms with Crippen molar-refractivity contribution in [3.05, 3.63) is 29.8 Å². The van der Waals surface area contributed by atoms with E-state index < -0.39 is 5.97 Å². The molecule has 1 atom stereocenters. The quantitative estimate of drug-likeness (QED) is 0.838. The van der Waals surface area contributed by atoms with Crippen LogP contribution in [0.3, 0.4) is 0 Å². The van der Waals surface area contributed by atoms with Gasteiger partial charge in [0.1, 0.15) is 0 Å². The first-order valence-electron chi connectivity index (χ1n) is 6.90. The van der Waals surface area contributed by atoms with Crippen molar-refractivity contribution in [2.24, 2.45) is 0 Å². The number of ether oxygens (including phenoxy) is 1. The van der Waals surface area contributed by atoms with Crippen LogP contribution in [0, 0.1) is 0 Å². The summed E-state index contributed by atoms with van der Waals surface area (Å²) < 4.78 is 5.24. The molecule has 1 saturated heterocycles. The second kappa shape index (κ2) is 7.47. The molecule has 0 aliphatic carbocycles. The van der Waals surface area contributed by atoms with Crippen LogP contribution in [0.25, 0.3) is 0 Å². The molecule has 1 aromatic rings. The minimum atomic E-state index is -0.841. The zero-order chi connectivity index (χ0) is 15.2. The maximum atomic E-state index is 12.3. The van der Waals surface area contributed by atoms with E-state index in [0.29, 0.717) is 26.3 Å². The molecule has 1 amide bonds. The van der Waals surface area contributed by atoms with E-state index in [9.17, 15) is 9.59 Å². The summed E-state index contributed by atoms with van der Waals surface area (Å²) in [6.07, 6.45) is 0.0210. The van der Waals surface area contributed by atoms with Gasteiger partial charge in [-0.1, -0.05) is 12.1 Å². The van der Waals surface area contributed by atoms with Gasteiger partial charge >= 0.3 is 5.97 Å². The number of benzene rings is 1. The molecule has 1 unspecified atom stereocenters. The van der Waals surface area contributed by atoms with Gasteiger partial charge in [-0.2, -0.15) is 0 Å². The van der Waals surface area contributed by atoms with Gasteiger partial charge in [0.25, 0.3) is 0 Å². The number of aliphatic carboxylic acids is 1. The fourth-order valence-electron chi connectivity index (χ4n) is 2.16. The van der Waals surface area contributed by atoms with E-state index in [1.807, 2.05) is 24.0 Å². The normalized spacial score (nSPS) is 16.5. The fourth-order valence-corrected chi connectivity index (χ4v) is 3.11. The van der Waals surface area contributed by atoms with Crippen LogP contribution >= 0.6 is 11.8 Å². The van der Waals surface area contributed by atoms with Crippen molar-refractivity contribution in [1.29, 1.82) is 0 Å². The van der Waals surface area contributed by atoms with E-state index in [1.54, 1.807) is 12.1 Å². The van der Waals surface area contributed by atoms with E-state index in [4.69, 9.17) is 9.84 Å². The molecule has 0 bridgehead atoms. The summed E-state index contributed by atoms with van der Waals surface area (Å²) in [4.78, 5) is 25.7. The summed E-state index contributed by atoms with van der Waals surface area (Å²) in [6, 6.07) is 7.32. The summed E-state index contributed by atoms with van der Waals surface area (Å²) in [5.41, 5.74) is 0.763. The first-order valence-corrected chi connectivity index (χ1v) is 7.78. The van der Waals surface area contributed by atoms with Crippen molar-refractivity contribution in [2.75, 3.05) is 26.3 Å². The third-order valence-corrected chi connectivity index (χ3v) is 4.36. The topological polar surface area (TPSA) is 66.8 Å². The van der Waals surface area contributed by atoms with Gasteiger partial charge in [0.2, 0.25) is 5.91 Å². The molecular formula is C15H19NO4S. The van der Waals surface area contributed by atoms with Gasteiger partial charge in [-0.25, -0.2) is 0 Å². The molecule has 1 aliphatic rings. The van der Waals surface area contributed by atoms with Crippen LogP contribution in [0.2, 0.25) is 0 Å². The number of amides is 1. The van der Waals surface area contributed by atoms with Gasteiger partial charge in [-0.05, 0) is 24.6 Å². The smallest absolute Gasteiger partial charge is 0.307 e. The number of rotatable bonds is 5. The molecule has 21 heavy (non-hydrogen) atoms. The van der Waals surface area contributed by atoms with Gasteiger partial charge in [0, 0.05) is 18.0 Å². The number of nitrogens with zero attached hydrogens (tertiary/aromatic N) is 1. The summed E-state index contributed by atoms with van der Waals surface area (Å²) >= 11 is 1.49. The van der Waals surface area contributed by atoms with Gasteiger partial charge in [0.15, 0.2) is 0 Å². The Morgan fingerprint density at radius 3 is 2.48 bits per heavy atom. The molecular weight excluding hydrogens is 290 g/mol. The zero-order valence-corrected chi connectivity index (χ0v) is 12.8. The van der Waals surface area contributed by atoms with E-state index in [-0.39, 0.29) is 17.6 Å². The highest BCUT2D eigenvalue weighted by molar-refractivity contribution is 8.00. The van der Waals surface area contributed by atoms with E-state index in [1.165, 1.54) is 11.8 Å². The van der Waals surface area contributed by atoms with E-state index in [2.05, 4.69) is 0 Å². The second-order valence-corrected chi connectivity index (χ2v) is 6.33. The lowest BCUT2D eigenvalue weighted by atomic mass is 10.2. The summed E-state index contributed by atoms with van der Waals surface area (Å²) in [7, 11) is 0. The minimum absolute atomic E-state index is 0.0210. The molecule has 0 saturated carbocycles. The number of hydrogen-bond acceptors (Lipinski definition) is 4. The molecule has 1 heterocycles. The lowest BCUT2D eigenvalue weighted by Crippen LogP contribution is -2.44. The molecule has 0 radical (unpaired) electrons. The van der Waals surface area contributed by atoms with Crippen LogP contribution in [0.1, 0.15) is 12.5 Å². The molecule has 114 valence electrons. The van der Waals surface area contributed by atoms with Gasteiger partial charge < -0.3 is 14.7 Å². The number of carboxylic acid groups (broad SMARTS) is 1. The van der Waals surface area contributed by atoms with Crippen LogP contribution in [0.15, 0.2) is 29.2 Å². The Labute approximate surface area is 128 Å². The van der Waals surface area contributed by atoms with Crippen molar-refractivity contribution in [2.45, 2.75) is 23.5 Å². The Hall–Kier alpha value is -1.53. The number of carbonyl (C=O) groups is 2. The molecule has 0 spiro atoms. The Morgan fingerprint density at radius 1 is 1.29 bits per heavy atom. The number of carbonyl (C=O) groups excluding carboxylic acids is 1. The predicted octanol–water partition coefficient (Wildman–Crippen LogP) is 1.65. The molecule has 0 aromatic heterocycles. The minimum Gasteiger partial charge on any atom is -0.481 e. The molecule has 1 fully saturated rings. The molecule has 1 N–H and O–H groups in total. The zero-order valence-electron chi connectivity index (χ0n) is 11.9. The summed E-state index contributed by atoms with van der Waals surface area (Å²) in [5.74, 6) is -0.718. The number of hydrogen-bond donors (Lipinski definition) is 1. The standard InChI is InChI=1S/C15H19NO4S/c1-11(15(19)16-6-8-20-9-7-16)21-13-4-2-12(3-5-13)10-14(17)18/h2-5,11H,6-10H2,1H3,(H,17,18). The molecule has 1 aliphatic heterocycles. The molecule has 2 rings (SSSR count). The SMILES string of the molecule is CC(Sc1ccc(CC(=O)O)cc1)C(=O)N1CCOCC1. The van der Waals surface area contributed by atoms with Crippen molar-refractivity contribution in [3.8, 4) is 0 Å². The lowest BCUT2D eigenvalue weighted by Gasteiger charge is -2.29. The van der Waals surface area contributed by atoms with Crippen LogP contribution in [0.4, 0.5) is 0 Å². The van der Waals surface area contributed by atoms with Gasteiger partial charge in [-0.15, -0.1) is 11.8 Å². The molecule has 6 heteroatoms. The number of morpholine rings is 1. The van der Waals surface area contributed by atoms with E-state index in [0.717, 1.165) is 10.5 Å². The number of thioether (sulfide) groups is 1. The molecule has 5 nitrogen and oxygen atoms in total. The van der Waals surface area contributed by atoms with Crippen LogP contribution in [-0.4, -0.2) is 53.4 Å². The Kier molecular flexibility index (Phi) is 5.64. The predicted molar refractivity (Wildman–Crippen MR) is 80.5 cm³/mol. The van der Waals surface area contributed by atoms with Crippen molar-refractivity contribution < 1.29 is 19.4 Å². The Morgan fingerprint density at radius 2 is 1.90 bits per heavy atom. The lowest BCUT2D eigenvalue weighted by molar-refractivity contribution is -0.136. The third kappa shape index (κ3) is 4.75. The average molecular weight is 309 g/mol. The molecule has 1 aromatic carbocycles. The second-order valence-electron chi connectivity index (χ2n) is 4.91. The fraction of sp³-hybridized carbons (Fsp3) is 0.467. The van der Waals surface area contributed by atoms with Gasteiger partial charge in [-0.3, -0.25) is 9.59 Å². The van der Waals surface area contributed by atoms with Crippen molar-refractivity contribution >= 4 is 23.6 Å². The first-order chi connectivity index (χ1) is 10.1. The Balaban J connectivity index is 1.90. The monoisotopic (exact) mass is 309 g/mol. The highest BCUT2D eigenvalue weighted by Crippen LogP contribution is 2.25. The third-order valence-electron chi connectivity index (χ3n) is 3.26. The maximum absolute atomic E-state index is 12.3. The van der Waals surface area contributed by atoms with Crippen molar-refractivity contribution in [3.63, 3.8) is 0 Å². The average Bonchev–Trinajstić information content (AvgIpc) is 2.49. The first kappa shape index (κ1) is 15.9. The Bertz CT molecular complexity index is 497. The van der Waals surface area contributed by atoms with Gasteiger partial charge in [0.05, 0.1) is 24.9 Å². The number of carboxylic acids is 1. The highest BCUT2D eigenvalue weighted by Gasteiger charge is 2.23. The van der Waals surface area contributed by atoms with Crippen molar-refractivity contribution in [1.82, 2.24) is 4.90 Å². The summed E-state index contributed by atoms with van der Waals surface area (Å²) in [5, 5.41) is 8.57. The van der Waals surface area contributed by atoms with Crippen LogP contribution in [0.5, 0.6) is 0 Å². The summed E-state index contributed by atoms with van der Waals surface area (Å²) in [6.45, 7) is 4.41. The van der Waals surface area contributed by atoms with Crippen LogP contribution < -0.4 is 0 Å². The van der Waals surface area contributed by atoms with Crippen LogP contribution in [-0.2, 0) is 20.7 Å². The van der Waals surface area contributed by atoms with E-state index >= 15 is 0 Å². The highest BCUT2D eigenvalue weighted by atomic mass is 32.2. The largest absolute Gasteiger partial charge is 0.481 e. The maximum Gasteiger partial charge on any atom is 0.307 e.